The van der Waals surface area contributed by atoms with Crippen molar-refractivity contribution in [2.24, 2.45) is 5.41 Å². The molecule has 1 fully saturated rings. The summed E-state index contributed by atoms with van der Waals surface area (Å²) in [4.78, 5) is 11.2. The van der Waals surface area contributed by atoms with E-state index >= 15 is 0 Å². The Morgan fingerprint density at radius 1 is 1.47 bits per heavy atom. The average Bonchev–Trinajstić information content (AvgIpc) is 2.11. The number of ether oxygens (including phenoxy) is 2. The maximum Gasteiger partial charge on any atom is 0.306 e. The Bertz CT molecular complexity index is 391. The van der Waals surface area contributed by atoms with Gasteiger partial charge in [0.25, 0.3) is 0 Å². The summed E-state index contributed by atoms with van der Waals surface area (Å²) >= 11 is 0. The third kappa shape index (κ3) is 3.68. The van der Waals surface area contributed by atoms with Gasteiger partial charge in [0.1, 0.15) is 0 Å². The van der Waals surface area contributed by atoms with Gasteiger partial charge in [-0.05, 0) is 19.3 Å². The first kappa shape index (κ1) is 15.9. The lowest BCUT2D eigenvalue weighted by Crippen LogP contribution is -2.59. The third-order valence-corrected chi connectivity index (χ3v) is 3.57. The minimum absolute atomic E-state index is 0.0920. The topological polar surface area (TPSA) is 79.5 Å². The van der Waals surface area contributed by atoms with E-state index in [1.54, 1.807) is 13.8 Å². The van der Waals surface area contributed by atoms with Crippen LogP contribution in [0.3, 0.4) is 0 Å². The minimum Gasteiger partial charge on any atom is -0.481 e. The van der Waals surface area contributed by atoms with E-state index in [0.29, 0.717) is 6.42 Å². The molecule has 0 saturated carbocycles. The minimum atomic E-state index is -0.900. The van der Waals surface area contributed by atoms with E-state index in [1.165, 1.54) is 0 Å². The quantitative estimate of drug-likeness (QED) is 0.852. The third-order valence-electron chi connectivity index (χ3n) is 3.57. The molecule has 1 unspecified atom stereocenters. The summed E-state index contributed by atoms with van der Waals surface area (Å²) in [5, 5.41) is 18.1. The first-order valence-corrected chi connectivity index (χ1v) is 6.48. The molecule has 1 aliphatic heterocycles. The average molecular weight is 269 g/mol. The number of hydrogen-bond acceptors (Lipinski definition) is 4. The zero-order valence-electron chi connectivity index (χ0n) is 12.3. The Labute approximate surface area is 114 Å². The SMILES string of the molecule is CC1(C)OC(CC#N)C[C@@](CC(=O)O)(C(C)(C)C)O1. The summed E-state index contributed by atoms with van der Waals surface area (Å²) < 4.78 is 11.7. The molecule has 108 valence electrons. The van der Waals surface area contributed by atoms with Crippen LogP contribution in [0.15, 0.2) is 0 Å². The van der Waals surface area contributed by atoms with E-state index in [1.807, 2.05) is 20.8 Å². The van der Waals surface area contributed by atoms with Gasteiger partial charge in [-0.3, -0.25) is 4.79 Å². The first-order chi connectivity index (χ1) is 8.51. The van der Waals surface area contributed by atoms with Gasteiger partial charge < -0.3 is 14.6 Å². The van der Waals surface area contributed by atoms with Crippen molar-refractivity contribution in [3.8, 4) is 6.07 Å². The van der Waals surface area contributed by atoms with E-state index in [0.717, 1.165) is 0 Å². The van der Waals surface area contributed by atoms with Crippen LogP contribution in [0.25, 0.3) is 0 Å². The Balaban J connectivity index is 3.14. The predicted octanol–water partition coefficient (Wildman–Crippen LogP) is 2.70. The highest BCUT2D eigenvalue weighted by Gasteiger charge is 2.53. The molecule has 0 aromatic heterocycles. The number of nitriles is 1. The molecule has 0 aromatic rings. The van der Waals surface area contributed by atoms with E-state index in [9.17, 15) is 9.90 Å². The summed E-state index contributed by atoms with van der Waals surface area (Å²) in [5.74, 6) is -1.79. The maximum atomic E-state index is 11.2. The van der Waals surface area contributed by atoms with Crippen molar-refractivity contribution in [3.05, 3.63) is 0 Å². The van der Waals surface area contributed by atoms with Crippen LogP contribution < -0.4 is 0 Å². The fraction of sp³-hybridized carbons (Fsp3) is 0.857. The molecular weight excluding hydrogens is 246 g/mol. The molecule has 0 bridgehead atoms. The van der Waals surface area contributed by atoms with Crippen LogP contribution in [-0.4, -0.2) is 28.6 Å². The molecule has 1 aliphatic rings. The molecule has 0 radical (unpaired) electrons. The Hall–Kier alpha value is -1.12. The summed E-state index contributed by atoms with van der Waals surface area (Å²) in [7, 11) is 0. The van der Waals surface area contributed by atoms with Crippen molar-refractivity contribution in [2.75, 3.05) is 0 Å². The van der Waals surface area contributed by atoms with E-state index in [4.69, 9.17) is 14.7 Å². The second-order valence-corrected chi connectivity index (χ2v) is 6.62. The van der Waals surface area contributed by atoms with Crippen LogP contribution in [0.5, 0.6) is 0 Å². The smallest absolute Gasteiger partial charge is 0.306 e. The summed E-state index contributed by atoms with van der Waals surface area (Å²) in [5.41, 5.74) is -1.19. The van der Waals surface area contributed by atoms with Crippen molar-refractivity contribution >= 4 is 5.97 Å². The second kappa shape index (κ2) is 5.10. The standard InChI is InChI=1S/C14H23NO4/c1-12(2,3)14(9-11(16)17)8-10(6-7-15)18-13(4,5)19-14/h10H,6,8-9H2,1-5H3,(H,16,17)/t10?,14-/m1/s1. The highest BCUT2D eigenvalue weighted by atomic mass is 16.7. The Morgan fingerprint density at radius 2 is 2.05 bits per heavy atom. The van der Waals surface area contributed by atoms with Gasteiger partial charge in [-0.2, -0.15) is 5.26 Å². The lowest BCUT2D eigenvalue weighted by atomic mass is 9.70. The number of hydrogen-bond donors (Lipinski definition) is 1. The second-order valence-electron chi connectivity index (χ2n) is 6.62. The molecule has 5 heteroatoms. The van der Waals surface area contributed by atoms with Gasteiger partial charge in [0.15, 0.2) is 5.79 Å². The Kier molecular flexibility index (Phi) is 4.28. The Morgan fingerprint density at radius 3 is 2.47 bits per heavy atom. The van der Waals surface area contributed by atoms with Crippen LogP contribution >= 0.6 is 0 Å². The highest BCUT2D eigenvalue weighted by Crippen LogP contribution is 2.47. The summed E-state index contributed by atoms with van der Waals surface area (Å²) in [6.45, 7) is 9.40. The predicted molar refractivity (Wildman–Crippen MR) is 69.3 cm³/mol. The number of aliphatic carboxylic acids is 1. The molecule has 1 heterocycles. The van der Waals surface area contributed by atoms with Gasteiger partial charge in [0.2, 0.25) is 0 Å². The molecule has 19 heavy (non-hydrogen) atoms. The van der Waals surface area contributed by atoms with Gasteiger partial charge >= 0.3 is 5.97 Å². The van der Waals surface area contributed by atoms with Gasteiger partial charge in [-0.1, -0.05) is 20.8 Å². The van der Waals surface area contributed by atoms with Gasteiger partial charge in [0.05, 0.1) is 30.6 Å². The number of carbonyl (C=O) groups is 1. The van der Waals surface area contributed by atoms with Gasteiger partial charge in [0, 0.05) is 6.42 Å². The van der Waals surface area contributed by atoms with Crippen molar-refractivity contribution in [1.82, 2.24) is 0 Å². The zero-order chi connectivity index (χ0) is 14.9. The molecule has 0 amide bonds. The van der Waals surface area contributed by atoms with E-state index < -0.39 is 17.4 Å². The van der Waals surface area contributed by atoms with Crippen molar-refractivity contribution in [2.45, 2.75) is 71.4 Å². The molecule has 2 atom stereocenters. The zero-order valence-corrected chi connectivity index (χ0v) is 12.3. The maximum absolute atomic E-state index is 11.2. The number of carboxylic acid groups (broad SMARTS) is 1. The summed E-state index contributed by atoms with van der Waals surface area (Å²) in [6, 6.07) is 2.09. The van der Waals surface area contributed by atoms with Gasteiger partial charge in [-0.25, -0.2) is 0 Å². The fourth-order valence-electron chi connectivity index (χ4n) is 2.64. The van der Waals surface area contributed by atoms with E-state index in [2.05, 4.69) is 6.07 Å². The molecule has 0 aliphatic carbocycles. The molecule has 5 nitrogen and oxygen atoms in total. The van der Waals surface area contributed by atoms with Crippen molar-refractivity contribution < 1.29 is 19.4 Å². The van der Waals surface area contributed by atoms with Crippen LogP contribution in [0.2, 0.25) is 0 Å². The van der Waals surface area contributed by atoms with Crippen LogP contribution in [0.4, 0.5) is 0 Å². The first-order valence-electron chi connectivity index (χ1n) is 6.48. The van der Waals surface area contributed by atoms with Crippen molar-refractivity contribution in [3.63, 3.8) is 0 Å². The molecule has 1 saturated heterocycles. The largest absolute Gasteiger partial charge is 0.481 e. The fourth-order valence-corrected chi connectivity index (χ4v) is 2.64. The number of nitrogens with zero attached hydrogens (tertiary/aromatic N) is 1. The van der Waals surface area contributed by atoms with Crippen LogP contribution in [-0.2, 0) is 14.3 Å². The molecule has 1 N–H and O–H groups in total. The summed E-state index contributed by atoms with van der Waals surface area (Å²) in [6.07, 6.45) is 0.266. The lowest BCUT2D eigenvalue weighted by Gasteiger charge is -2.53. The highest BCUT2D eigenvalue weighted by molar-refractivity contribution is 5.68. The molecule has 1 rings (SSSR count). The van der Waals surface area contributed by atoms with Crippen LogP contribution in [0.1, 0.15) is 53.9 Å². The lowest BCUT2D eigenvalue weighted by molar-refractivity contribution is -0.353. The number of carboxylic acids is 1. The molecule has 0 aromatic carbocycles. The molecule has 0 spiro atoms. The monoisotopic (exact) mass is 269 g/mol. The molecular formula is C14H23NO4. The van der Waals surface area contributed by atoms with Crippen LogP contribution in [0, 0.1) is 16.7 Å². The van der Waals surface area contributed by atoms with E-state index in [-0.39, 0.29) is 24.4 Å². The normalized spacial score (nSPS) is 30.6. The van der Waals surface area contributed by atoms with Crippen molar-refractivity contribution in [1.29, 1.82) is 5.26 Å². The number of rotatable bonds is 3. The van der Waals surface area contributed by atoms with Gasteiger partial charge in [-0.15, -0.1) is 0 Å².